The number of benzene rings is 1. The number of nitrogens with zero attached hydrogens (tertiary/aromatic N) is 1. The van der Waals surface area contributed by atoms with Gasteiger partial charge in [0.25, 0.3) is 0 Å². The fourth-order valence-corrected chi connectivity index (χ4v) is 3.48. The Balaban J connectivity index is 2.20. The number of carbonyl (C=O) groups is 2. The van der Waals surface area contributed by atoms with Gasteiger partial charge in [0.05, 0.1) is 0 Å². The molecular formula is C16H19ClNO5P. The molecule has 0 aliphatic heterocycles. The number of fused-ring (bicyclic) bond motifs is 1. The van der Waals surface area contributed by atoms with E-state index in [9.17, 15) is 23.9 Å². The monoisotopic (exact) mass is 371 g/mol. The fraction of sp³-hybridized carbons (Fsp3) is 0.375. The molecule has 1 aliphatic rings. The first kappa shape index (κ1) is 19.0. The Morgan fingerprint density at radius 3 is 2.42 bits per heavy atom. The maximum absolute atomic E-state index is 12.6. The molecule has 0 saturated carbocycles. The molecule has 0 radical (unpaired) electrons. The zero-order valence-corrected chi connectivity index (χ0v) is 14.8. The van der Waals surface area contributed by atoms with Gasteiger partial charge in [-0.25, -0.2) is 9.24 Å². The molecule has 1 aromatic rings. The highest BCUT2D eigenvalue weighted by molar-refractivity contribution is 7.49. The third-order valence-corrected chi connectivity index (χ3v) is 5.30. The fourth-order valence-electron chi connectivity index (χ4n) is 2.73. The molecule has 24 heavy (non-hydrogen) atoms. The predicted octanol–water partition coefficient (Wildman–Crippen LogP) is 2.65. The third-order valence-electron chi connectivity index (χ3n) is 4.03. The molecule has 0 bridgehead atoms. The molecule has 0 heterocycles. The second kappa shape index (κ2) is 7.72. The molecular weight excluding hydrogens is 353 g/mol. The summed E-state index contributed by atoms with van der Waals surface area (Å²) in [7, 11) is -3.03. The molecule has 1 aliphatic carbocycles. The molecule has 0 amide bonds. The van der Waals surface area contributed by atoms with Crippen LogP contribution in [0.1, 0.15) is 33.6 Å². The van der Waals surface area contributed by atoms with Crippen LogP contribution in [0.2, 0.25) is 0 Å². The van der Waals surface area contributed by atoms with Crippen molar-refractivity contribution in [1.29, 1.82) is 0 Å². The van der Waals surface area contributed by atoms with Crippen LogP contribution >= 0.6 is 19.3 Å². The van der Waals surface area contributed by atoms with Gasteiger partial charge in [0.2, 0.25) is 0 Å². The van der Waals surface area contributed by atoms with Crippen molar-refractivity contribution < 1.29 is 23.9 Å². The average Bonchev–Trinajstić information content (AvgIpc) is 2.51. The van der Waals surface area contributed by atoms with Crippen molar-refractivity contribution in [1.82, 2.24) is 4.67 Å². The second-order valence-corrected chi connectivity index (χ2v) is 7.90. The molecule has 6 nitrogen and oxygen atoms in total. The summed E-state index contributed by atoms with van der Waals surface area (Å²) in [5.74, 6) is -0.392. The number of ketones is 2. The van der Waals surface area contributed by atoms with Crippen molar-refractivity contribution in [3.05, 3.63) is 47.0 Å². The maximum Gasteiger partial charge on any atom is 0.402 e. The third kappa shape index (κ3) is 4.41. The van der Waals surface area contributed by atoms with E-state index in [1.54, 1.807) is 24.3 Å². The highest BCUT2D eigenvalue weighted by atomic mass is 35.5. The van der Waals surface area contributed by atoms with E-state index in [2.05, 4.69) is 0 Å². The largest absolute Gasteiger partial charge is 0.402 e. The van der Waals surface area contributed by atoms with Crippen molar-refractivity contribution in [2.75, 3.05) is 19.5 Å². The van der Waals surface area contributed by atoms with Crippen LogP contribution < -0.4 is 0 Å². The smallest absolute Gasteiger partial charge is 0.312 e. The first-order valence-corrected chi connectivity index (χ1v) is 9.55. The summed E-state index contributed by atoms with van der Waals surface area (Å²) in [6, 6.07) is 6.63. The van der Waals surface area contributed by atoms with Crippen LogP contribution in [-0.2, 0) is 4.57 Å². The molecule has 2 rings (SSSR count). The van der Waals surface area contributed by atoms with Crippen LogP contribution in [0.4, 0.5) is 0 Å². The molecule has 0 aromatic heterocycles. The zero-order valence-electron chi connectivity index (χ0n) is 13.2. The number of hydrogen-bond donors (Lipinski definition) is 2. The van der Waals surface area contributed by atoms with Gasteiger partial charge in [0.1, 0.15) is 0 Å². The number of allylic oxidation sites excluding steroid dienone is 2. The van der Waals surface area contributed by atoms with Gasteiger partial charge < -0.3 is 9.79 Å². The minimum Gasteiger partial charge on any atom is -0.312 e. The molecule has 0 fully saturated rings. The van der Waals surface area contributed by atoms with Gasteiger partial charge in [0, 0.05) is 29.1 Å². The summed E-state index contributed by atoms with van der Waals surface area (Å²) in [6.45, 7) is 0.0808. The summed E-state index contributed by atoms with van der Waals surface area (Å²) in [5.41, 5.74) is 1.10. The Bertz CT molecular complexity index is 727. The minimum absolute atomic E-state index is 0.0808. The van der Waals surface area contributed by atoms with E-state index < -0.39 is 7.75 Å². The Kier molecular flexibility index (Phi) is 6.12. The van der Waals surface area contributed by atoms with E-state index in [0.717, 1.165) is 4.67 Å². The van der Waals surface area contributed by atoms with Gasteiger partial charge in [-0.15, -0.1) is 11.6 Å². The predicted molar refractivity (Wildman–Crippen MR) is 91.3 cm³/mol. The first-order chi connectivity index (χ1) is 11.2. The Labute approximate surface area is 145 Å². The summed E-state index contributed by atoms with van der Waals surface area (Å²) in [4.78, 5) is 43.1. The number of rotatable bonds is 7. The summed E-state index contributed by atoms with van der Waals surface area (Å²) in [5, 5.41) is 0. The van der Waals surface area contributed by atoms with Crippen molar-refractivity contribution in [3.8, 4) is 0 Å². The number of halogens is 1. The number of carbonyl (C=O) groups excluding carboxylic acids is 2. The van der Waals surface area contributed by atoms with E-state index in [-0.39, 0.29) is 30.4 Å². The van der Waals surface area contributed by atoms with Gasteiger partial charge >= 0.3 is 7.75 Å². The van der Waals surface area contributed by atoms with E-state index in [1.807, 2.05) is 0 Å². The molecule has 0 saturated heterocycles. The van der Waals surface area contributed by atoms with Gasteiger partial charge in [-0.05, 0) is 31.9 Å². The Hall–Kier alpha value is -1.30. The Morgan fingerprint density at radius 2 is 1.83 bits per heavy atom. The van der Waals surface area contributed by atoms with E-state index in [4.69, 9.17) is 11.6 Å². The maximum atomic E-state index is 12.6. The molecule has 1 aromatic carbocycles. The second-order valence-electron chi connectivity index (χ2n) is 5.81. The van der Waals surface area contributed by atoms with E-state index in [0.29, 0.717) is 29.0 Å². The number of alkyl halides is 1. The van der Waals surface area contributed by atoms with Crippen molar-refractivity contribution in [2.45, 2.75) is 12.8 Å². The van der Waals surface area contributed by atoms with E-state index >= 15 is 0 Å². The van der Waals surface area contributed by atoms with Crippen molar-refractivity contribution >= 4 is 30.9 Å². The highest BCUT2D eigenvalue weighted by Gasteiger charge is 2.29. The lowest BCUT2D eigenvalue weighted by Gasteiger charge is -2.25. The molecule has 8 heteroatoms. The summed E-state index contributed by atoms with van der Waals surface area (Å²) >= 11 is 5.77. The first-order valence-electron chi connectivity index (χ1n) is 7.45. The van der Waals surface area contributed by atoms with Crippen LogP contribution in [0.5, 0.6) is 0 Å². The molecule has 0 spiro atoms. The van der Waals surface area contributed by atoms with E-state index in [1.165, 1.54) is 13.1 Å². The zero-order chi connectivity index (χ0) is 17.9. The molecule has 2 N–H and O–H groups in total. The Morgan fingerprint density at radius 1 is 1.21 bits per heavy atom. The number of hydrogen-bond acceptors (Lipinski definition) is 3. The van der Waals surface area contributed by atoms with Gasteiger partial charge in [0.15, 0.2) is 11.6 Å². The van der Waals surface area contributed by atoms with Gasteiger partial charge in [-0.3, -0.25) is 9.59 Å². The lowest BCUT2D eigenvalue weighted by Crippen LogP contribution is -2.26. The van der Waals surface area contributed by atoms with Gasteiger partial charge in [-0.2, -0.15) is 0 Å². The quantitative estimate of drug-likeness (QED) is 0.565. The van der Waals surface area contributed by atoms with Crippen LogP contribution in [0.3, 0.4) is 0 Å². The summed E-state index contributed by atoms with van der Waals surface area (Å²) < 4.78 is 12.2. The van der Waals surface area contributed by atoms with Gasteiger partial charge in [-0.1, -0.05) is 24.3 Å². The van der Waals surface area contributed by atoms with Crippen LogP contribution in [0, 0.1) is 5.92 Å². The molecule has 130 valence electrons. The lowest BCUT2D eigenvalue weighted by molar-refractivity contribution is 0.0978. The molecule has 1 unspecified atom stereocenters. The van der Waals surface area contributed by atoms with Crippen LogP contribution in [-0.4, -0.2) is 45.5 Å². The number of Topliss-reactive ketones (excluding diaryl/α,β-unsaturated/α-hetero) is 1. The topological polar surface area (TPSA) is 94.9 Å². The molecule has 1 atom stereocenters. The lowest BCUT2D eigenvalue weighted by atomic mass is 9.84. The van der Waals surface area contributed by atoms with Crippen molar-refractivity contribution in [3.63, 3.8) is 0 Å². The highest BCUT2D eigenvalue weighted by Crippen LogP contribution is 2.39. The van der Waals surface area contributed by atoms with Crippen LogP contribution in [0.25, 0.3) is 0 Å². The average molecular weight is 372 g/mol. The van der Waals surface area contributed by atoms with Crippen molar-refractivity contribution in [2.24, 2.45) is 5.92 Å². The SMILES string of the molecule is CN(CC(CCCl)CC1=CC(=O)c2ccccc2C1=O)P(=O)(O)O. The normalized spacial score (nSPS) is 16.1. The van der Waals surface area contributed by atoms with Crippen LogP contribution in [0.15, 0.2) is 35.9 Å². The summed E-state index contributed by atoms with van der Waals surface area (Å²) in [6.07, 6.45) is 2.05. The standard InChI is InChI=1S/C16H19ClNO5P/c1-18(24(21,22)23)10-11(6-7-17)8-12-9-15(19)13-4-2-3-5-14(13)16(12)20/h2-5,9,11H,6-8,10H2,1H3,(H2,21,22,23). The minimum atomic E-state index is -4.35.